The molecule has 2 aliphatic rings. The van der Waals surface area contributed by atoms with Crippen molar-refractivity contribution in [1.82, 2.24) is 0 Å². The summed E-state index contributed by atoms with van der Waals surface area (Å²) in [7, 11) is -3.72. The van der Waals surface area contributed by atoms with Crippen molar-refractivity contribution in [2.24, 2.45) is 5.41 Å². The number of hydrogen-bond acceptors (Lipinski definition) is 6. The Morgan fingerprint density at radius 3 is 2.57 bits per heavy atom. The van der Waals surface area contributed by atoms with E-state index in [4.69, 9.17) is 14.2 Å². The first-order valence-corrected chi connectivity index (χ1v) is 10.7. The van der Waals surface area contributed by atoms with Gasteiger partial charge in [0.2, 0.25) is 6.79 Å². The average Bonchev–Trinajstić information content (AvgIpc) is 3.15. The molecule has 1 heterocycles. The van der Waals surface area contributed by atoms with Crippen LogP contribution in [0.3, 0.4) is 0 Å². The lowest BCUT2D eigenvalue weighted by Crippen LogP contribution is -2.19. The molecular formula is C21H21NO5S. The highest BCUT2D eigenvalue weighted by molar-refractivity contribution is 7.92. The highest BCUT2D eigenvalue weighted by atomic mass is 32.2. The van der Waals surface area contributed by atoms with Crippen molar-refractivity contribution in [3.63, 3.8) is 0 Å². The zero-order chi connectivity index (χ0) is 19.9. The molecule has 2 aromatic carbocycles. The third-order valence-electron chi connectivity index (χ3n) is 5.45. The molecule has 4 rings (SSSR count). The molecule has 7 heteroatoms. The Bertz CT molecular complexity index is 1040. The number of nitrogens with zero attached hydrogens (tertiary/aromatic N) is 1. The van der Waals surface area contributed by atoms with E-state index in [2.05, 4.69) is 6.07 Å². The first kappa shape index (κ1) is 18.8. The largest absolute Gasteiger partial charge is 0.454 e. The van der Waals surface area contributed by atoms with E-state index in [1.165, 1.54) is 0 Å². The van der Waals surface area contributed by atoms with E-state index < -0.39 is 26.4 Å². The first-order chi connectivity index (χ1) is 13.4. The molecule has 0 unspecified atom stereocenters. The van der Waals surface area contributed by atoms with Gasteiger partial charge in [0.15, 0.2) is 21.3 Å². The van der Waals surface area contributed by atoms with Crippen LogP contribution in [-0.4, -0.2) is 33.7 Å². The van der Waals surface area contributed by atoms with Crippen LogP contribution in [0.5, 0.6) is 11.5 Å². The summed E-state index contributed by atoms with van der Waals surface area (Å²) < 4.78 is 43.1. The minimum absolute atomic E-state index is 0.0644. The van der Waals surface area contributed by atoms with Gasteiger partial charge < -0.3 is 14.2 Å². The van der Waals surface area contributed by atoms with Gasteiger partial charge in [-0.15, -0.1) is 0 Å². The van der Waals surface area contributed by atoms with E-state index in [9.17, 15) is 13.7 Å². The van der Waals surface area contributed by atoms with Crippen molar-refractivity contribution in [3.05, 3.63) is 53.6 Å². The fourth-order valence-corrected chi connectivity index (χ4v) is 6.23. The van der Waals surface area contributed by atoms with Gasteiger partial charge in [0.05, 0.1) is 22.8 Å². The second-order valence-corrected chi connectivity index (χ2v) is 9.23. The summed E-state index contributed by atoms with van der Waals surface area (Å²) in [5, 5.41) is 9.11. The van der Waals surface area contributed by atoms with Crippen molar-refractivity contribution in [3.8, 4) is 17.6 Å². The predicted octanol–water partition coefficient (Wildman–Crippen LogP) is 3.21. The van der Waals surface area contributed by atoms with Crippen LogP contribution in [0.25, 0.3) is 0 Å². The van der Waals surface area contributed by atoms with Gasteiger partial charge >= 0.3 is 0 Å². The van der Waals surface area contributed by atoms with Crippen LogP contribution >= 0.6 is 0 Å². The van der Waals surface area contributed by atoms with E-state index in [0.717, 1.165) is 11.1 Å². The molecule has 0 aromatic heterocycles. The number of nitriles is 1. The van der Waals surface area contributed by atoms with E-state index in [1.54, 1.807) is 42.5 Å². The molecular weight excluding hydrogens is 378 g/mol. The molecule has 1 saturated carbocycles. The van der Waals surface area contributed by atoms with Crippen LogP contribution in [0.1, 0.15) is 24.0 Å². The summed E-state index contributed by atoms with van der Waals surface area (Å²) in [4.78, 5) is 0.225. The minimum atomic E-state index is -3.72. The molecule has 1 aliphatic carbocycles. The second-order valence-electron chi connectivity index (χ2n) is 7.16. The van der Waals surface area contributed by atoms with Crippen LogP contribution in [0.15, 0.2) is 47.4 Å². The number of hydrogen-bond donors (Lipinski definition) is 0. The molecule has 0 bridgehead atoms. The van der Waals surface area contributed by atoms with Gasteiger partial charge in [-0.1, -0.05) is 23.8 Å². The summed E-state index contributed by atoms with van der Waals surface area (Å²) in [6.45, 7) is 4.34. The highest BCUT2D eigenvalue weighted by Gasteiger charge is 2.72. The van der Waals surface area contributed by atoms with Gasteiger partial charge in [0, 0.05) is 12.5 Å². The van der Waals surface area contributed by atoms with Crippen LogP contribution < -0.4 is 9.47 Å². The van der Waals surface area contributed by atoms with Crippen molar-refractivity contribution in [2.45, 2.75) is 29.9 Å². The third kappa shape index (κ3) is 2.84. The maximum absolute atomic E-state index is 13.4. The molecule has 3 atom stereocenters. The fourth-order valence-electron chi connectivity index (χ4n) is 3.92. The Labute approximate surface area is 164 Å². The lowest BCUT2D eigenvalue weighted by Gasteiger charge is -2.10. The Morgan fingerprint density at radius 2 is 1.89 bits per heavy atom. The van der Waals surface area contributed by atoms with Gasteiger partial charge in [-0.25, -0.2) is 8.42 Å². The van der Waals surface area contributed by atoms with Crippen LogP contribution in [-0.2, 0) is 14.6 Å². The molecule has 0 spiro atoms. The van der Waals surface area contributed by atoms with Crippen molar-refractivity contribution < 1.29 is 22.6 Å². The average molecular weight is 399 g/mol. The van der Waals surface area contributed by atoms with Gasteiger partial charge in [0.25, 0.3) is 0 Å². The lowest BCUT2D eigenvalue weighted by atomic mass is 10.0. The van der Waals surface area contributed by atoms with E-state index >= 15 is 0 Å². The SMILES string of the molecule is CCOC[C@]1(C#N)[C@@H](c2ccc3c(c2)OCO3)[C@@H]1S(=O)(=O)c1ccc(C)cc1. The number of rotatable bonds is 6. The molecule has 1 fully saturated rings. The molecule has 0 saturated heterocycles. The third-order valence-corrected chi connectivity index (χ3v) is 7.74. The van der Waals surface area contributed by atoms with Gasteiger partial charge in [-0.2, -0.15) is 5.26 Å². The summed E-state index contributed by atoms with van der Waals surface area (Å²) >= 11 is 0. The number of aryl methyl sites for hydroxylation is 1. The molecule has 2 aromatic rings. The molecule has 146 valence electrons. The van der Waals surface area contributed by atoms with E-state index in [1.807, 2.05) is 13.8 Å². The zero-order valence-corrected chi connectivity index (χ0v) is 16.5. The standard InChI is InChI=1S/C21H21NO5S/c1-3-25-12-21(11-22)19(15-6-9-17-18(10-15)27-13-26-17)20(21)28(23,24)16-7-4-14(2)5-8-16/h4-10,19-20H,3,12-13H2,1-2H3/t19-,20-,21+/m0/s1. The number of sulfone groups is 1. The molecule has 0 radical (unpaired) electrons. The molecule has 0 N–H and O–H groups in total. The maximum Gasteiger partial charge on any atom is 0.231 e. The van der Waals surface area contributed by atoms with Crippen molar-refractivity contribution in [2.75, 3.05) is 20.0 Å². The van der Waals surface area contributed by atoms with E-state index in [0.29, 0.717) is 18.1 Å². The predicted molar refractivity (Wildman–Crippen MR) is 102 cm³/mol. The normalized spacial score (nSPS) is 25.3. The Morgan fingerprint density at radius 1 is 1.18 bits per heavy atom. The molecule has 0 amide bonds. The Balaban J connectivity index is 1.77. The molecule has 28 heavy (non-hydrogen) atoms. The quantitative estimate of drug-likeness (QED) is 0.741. The van der Waals surface area contributed by atoms with Gasteiger partial charge in [-0.3, -0.25) is 0 Å². The van der Waals surface area contributed by atoms with Crippen LogP contribution in [0.2, 0.25) is 0 Å². The summed E-state index contributed by atoms with van der Waals surface area (Å²) in [5.74, 6) is 0.693. The summed E-state index contributed by atoms with van der Waals surface area (Å²) in [6.07, 6.45) is 0. The highest BCUT2D eigenvalue weighted by Crippen LogP contribution is 2.64. The summed E-state index contributed by atoms with van der Waals surface area (Å²) in [6, 6.07) is 14.3. The maximum atomic E-state index is 13.4. The van der Waals surface area contributed by atoms with Gasteiger partial charge in [0.1, 0.15) is 5.41 Å². The first-order valence-electron chi connectivity index (χ1n) is 9.13. The Hall–Kier alpha value is -2.56. The van der Waals surface area contributed by atoms with Crippen molar-refractivity contribution in [1.29, 1.82) is 5.26 Å². The summed E-state index contributed by atoms with van der Waals surface area (Å²) in [5.41, 5.74) is 0.585. The monoisotopic (exact) mass is 399 g/mol. The van der Waals surface area contributed by atoms with E-state index in [-0.39, 0.29) is 18.3 Å². The molecule has 6 nitrogen and oxygen atoms in total. The topological polar surface area (TPSA) is 85.6 Å². The van der Waals surface area contributed by atoms with Crippen molar-refractivity contribution >= 4 is 9.84 Å². The second kappa shape index (κ2) is 6.80. The minimum Gasteiger partial charge on any atom is -0.454 e. The van der Waals surface area contributed by atoms with Gasteiger partial charge in [-0.05, 0) is 43.7 Å². The Kier molecular flexibility index (Phi) is 4.56. The zero-order valence-electron chi connectivity index (χ0n) is 15.7. The molecule has 1 aliphatic heterocycles. The number of benzene rings is 2. The fraction of sp³-hybridized carbons (Fsp3) is 0.381. The smallest absolute Gasteiger partial charge is 0.231 e. The van der Waals surface area contributed by atoms with Crippen LogP contribution in [0.4, 0.5) is 0 Å². The number of fused-ring (bicyclic) bond motifs is 1. The van der Waals surface area contributed by atoms with Crippen LogP contribution in [0, 0.1) is 23.7 Å². The lowest BCUT2D eigenvalue weighted by molar-refractivity contribution is 0.117. The number of ether oxygens (including phenoxy) is 3.